The topological polar surface area (TPSA) is 78.4 Å². The number of aromatic nitrogens is 1. The molecule has 0 fully saturated rings. The molecule has 0 radical (unpaired) electrons. The van der Waals surface area contributed by atoms with Crippen LogP contribution in [0.5, 0.6) is 0 Å². The van der Waals surface area contributed by atoms with Crippen LogP contribution in [0, 0.1) is 18.3 Å². The van der Waals surface area contributed by atoms with Crippen LogP contribution < -0.4 is 5.56 Å². The van der Waals surface area contributed by atoms with Crippen molar-refractivity contribution in [3.05, 3.63) is 128 Å². The molecule has 3 aromatic carbocycles. The van der Waals surface area contributed by atoms with E-state index in [4.69, 9.17) is 16.9 Å². The van der Waals surface area contributed by atoms with E-state index in [1.807, 2.05) is 37.3 Å². The van der Waals surface area contributed by atoms with Crippen molar-refractivity contribution < 1.29 is 5.21 Å². The van der Waals surface area contributed by atoms with Gasteiger partial charge in [-0.3, -0.25) is 4.79 Å². The standard InChI is InChI=1S/C29H24ClN3O2/c1-19-15-25(30)12-13-26(19)27(16-28(32-35)24-11-14-29(34)33(2)18-24)23-9-7-22(8-10-23)21-5-3-20(17-31)4-6-21/h3-15,18,27,35H,16H2,1-2H3/b32-28-. The van der Waals surface area contributed by atoms with Gasteiger partial charge in [0.05, 0.1) is 17.3 Å². The van der Waals surface area contributed by atoms with Gasteiger partial charge in [0.15, 0.2) is 0 Å². The first kappa shape index (κ1) is 24.0. The molecule has 1 atom stereocenters. The summed E-state index contributed by atoms with van der Waals surface area (Å²) >= 11 is 6.22. The first-order valence-corrected chi connectivity index (χ1v) is 11.5. The number of nitrogens with zero attached hydrogens (tertiary/aromatic N) is 3. The Morgan fingerprint density at radius 1 is 1.03 bits per heavy atom. The van der Waals surface area contributed by atoms with Crippen LogP contribution in [0.4, 0.5) is 0 Å². The number of pyridine rings is 1. The summed E-state index contributed by atoms with van der Waals surface area (Å²) in [4.78, 5) is 11.8. The fraction of sp³-hybridized carbons (Fsp3) is 0.138. The number of oxime groups is 1. The smallest absolute Gasteiger partial charge is 0.250 e. The number of aryl methyl sites for hydroxylation is 2. The van der Waals surface area contributed by atoms with E-state index in [1.165, 1.54) is 10.6 Å². The Morgan fingerprint density at radius 2 is 1.69 bits per heavy atom. The third-order valence-corrected chi connectivity index (χ3v) is 6.44. The molecule has 0 aliphatic carbocycles. The maximum atomic E-state index is 11.8. The van der Waals surface area contributed by atoms with Crippen LogP contribution in [0.15, 0.2) is 95.0 Å². The lowest BCUT2D eigenvalue weighted by Gasteiger charge is -2.21. The van der Waals surface area contributed by atoms with E-state index in [0.717, 1.165) is 27.8 Å². The normalized spacial score (nSPS) is 12.2. The van der Waals surface area contributed by atoms with E-state index >= 15 is 0 Å². The van der Waals surface area contributed by atoms with E-state index in [-0.39, 0.29) is 11.5 Å². The number of nitriles is 1. The Hall–Kier alpha value is -4.14. The highest BCUT2D eigenvalue weighted by molar-refractivity contribution is 6.30. The van der Waals surface area contributed by atoms with Gasteiger partial charge in [-0.2, -0.15) is 5.26 Å². The van der Waals surface area contributed by atoms with Crippen molar-refractivity contribution in [2.75, 3.05) is 0 Å². The molecule has 1 heterocycles. The summed E-state index contributed by atoms with van der Waals surface area (Å²) in [5, 5.41) is 23.2. The largest absolute Gasteiger partial charge is 0.411 e. The SMILES string of the molecule is Cc1cc(Cl)ccc1C(C/C(=N/O)c1ccc(=O)n(C)c1)c1ccc(-c2ccc(C#N)cc2)cc1. The van der Waals surface area contributed by atoms with Gasteiger partial charge >= 0.3 is 0 Å². The lowest BCUT2D eigenvalue weighted by Crippen LogP contribution is -2.18. The average molecular weight is 482 g/mol. The van der Waals surface area contributed by atoms with Crippen LogP contribution in [0.2, 0.25) is 5.02 Å². The van der Waals surface area contributed by atoms with Crippen LogP contribution in [-0.2, 0) is 7.05 Å². The summed E-state index contributed by atoms with van der Waals surface area (Å²) in [5.41, 5.74) is 6.89. The van der Waals surface area contributed by atoms with E-state index in [9.17, 15) is 10.0 Å². The highest BCUT2D eigenvalue weighted by Crippen LogP contribution is 2.34. The Kier molecular flexibility index (Phi) is 7.14. The van der Waals surface area contributed by atoms with Crippen molar-refractivity contribution >= 4 is 17.3 Å². The zero-order chi connectivity index (χ0) is 24.9. The van der Waals surface area contributed by atoms with E-state index < -0.39 is 0 Å². The molecule has 1 aromatic heterocycles. The summed E-state index contributed by atoms with van der Waals surface area (Å²) in [5.74, 6) is -0.106. The Morgan fingerprint density at radius 3 is 2.26 bits per heavy atom. The summed E-state index contributed by atoms with van der Waals surface area (Å²) in [6.07, 6.45) is 2.10. The molecule has 0 spiro atoms. The Balaban J connectivity index is 1.73. The molecule has 0 amide bonds. The Labute approximate surface area is 209 Å². The second-order valence-corrected chi connectivity index (χ2v) is 8.92. The summed E-state index contributed by atoms with van der Waals surface area (Å²) < 4.78 is 1.47. The van der Waals surface area contributed by atoms with Gasteiger partial charge in [0, 0.05) is 42.2 Å². The molecule has 0 aliphatic heterocycles. The lowest BCUT2D eigenvalue weighted by atomic mass is 9.83. The van der Waals surface area contributed by atoms with E-state index in [0.29, 0.717) is 28.3 Å². The van der Waals surface area contributed by atoms with Crippen molar-refractivity contribution in [3.63, 3.8) is 0 Å². The molecule has 0 saturated carbocycles. The lowest BCUT2D eigenvalue weighted by molar-refractivity contribution is 0.317. The van der Waals surface area contributed by atoms with Gasteiger partial charge in [-0.15, -0.1) is 0 Å². The second kappa shape index (κ2) is 10.4. The van der Waals surface area contributed by atoms with Gasteiger partial charge in [-0.05, 0) is 65.1 Å². The van der Waals surface area contributed by atoms with Gasteiger partial charge < -0.3 is 9.77 Å². The molecular formula is C29H24ClN3O2. The van der Waals surface area contributed by atoms with E-state index in [1.54, 1.807) is 31.4 Å². The maximum absolute atomic E-state index is 11.8. The molecule has 1 N–H and O–H groups in total. The molecule has 6 heteroatoms. The molecule has 35 heavy (non-hydrogen) atoms. The highest BCUT2D eigenvalue weighted by Gasteiger charge is 2.21. The van der Waals surface area contributed by atoms with Gasteiger partial charge in [0.2, 0.25) is 5.56 Å². The number of hydrogen-bond donors (Lipinski definition) is 1. The predicted molar refractivity (Wildman–Crippen MR) is 139 cm³/mol. The van der Waals surface area contributed by atoms with E-state index in [2.05, 4.69) is 35.5 Å². The number of benzene rings is 3. The molecule has 4 rings (SSSR count). The predicted octanol–water partition coefficient (Wildman–Crippen LogP) is 6.29. The maximum Gasteiger partial charge on any atom is 0.250 e. The van der Waals surface area contributed by atoms with Gasteiger partial charge in [0.1, 0.15) is 0 Å². The third kappa shape index (κ3) is 5.34. The van der Waals surface area contributed by atoms with Crippen molar-refractivity contribution in [1.82, 2.24) is 4.57 Å². The fourth-order valence-corrected chi connectivity index (χ4v) is 4.48. The van der Waals surface area contributed by atoms with Crippen LogP contribution in [-0.4, -0.2) is 15.5 Å². The minimum Gasteiger partial charge on any atom is -0.411 e. The Bertz CT molecular complexity index is 1480. The quantitative estimate of drug-likeness (QED) is 0.200. The average Bonchev–Trinajstić information content (AvgIpc) is 2.87. The van der Waals surface area contributed by atoms with Crippen LogP contribution in [0.1, 0.15) is 40.2 Å². The molecule has 0 aliphatic rings. The third-order valence-electron chi connectivity index (χ3n) is 6.20. The van der Waals surface area contributed by atoms with Crippen molar-refractivity contribution in [2.24, 2.45) is 12.2 Å². The monoisotopic (exact) mass is 481 g/mol. The molecule has 4 aromatic rings. The first-order chi connectivity index (χ1) is 16.9. The molecule has 174 valence electrons. The summed E-state index contributed by atoms with van der Waals surface area (Å²) in [6, 6.07) is 26.8. The summed E-state index contributed by atoms with van der Waals surface area (Å²) in [6.45, 7) is 2.02. The van der Waals surface area contributed by atoms with Crippen molar-refractivity contribution in [1.29, 1.82) is 5.26 Å². The zero-order valence-corrected chi connectivity index (χ0v) is 20.2. The molecule has 0 bridgehead atoms. The molecule has 0 saturated heterocycles. The van der Waals surface area contributed by atoms with Crippen molar-refractivity contribution in [3.8, 4) is 17.2 Å². The van der Waals surface area contributed by atoms with Crippen molar-refractivity contribution in [2.45, 2.75) is 19.3 Å². The minimum absolute atomic E-state index is 0.106. The van der Waals surface area contributed by atoms with Gasteiger partial charge in [0.25, 0.3) is 0 Å². The number of rotatable bonds is 6. The zero-order valence-electron chi connectivity index (χ0n) is 19.4. The van der Waals surface area contributed by atoms with Gasteiger partial charge in [-0.25, -0.2) is 0 Å². The fourth-order valence-electron chi connectivity index (χ4n) is 4.26. The molecular weight excluding hydrogens is 458 g/mol. The van der Waals surface area contributed by atoms with Crippen LogP contribution in [0.3, 0.4) is 0 Å². The highest BCUT2D eigenvalue weighted by atomic mass is 35.5. The summed E-state index contributed by atoms with van der Waals surface area (Å²) in [7, 11) is 1.67. The number of halogens is 1. The second-order valence-electron chi connectivity index (χ2n) is 8.48. The minimum atomic E-state index is -0.130. The van der Waals surface area contributed by atoms with Gasteiger partial charge in [-0.1, -0.05) is 59.2 Å². The number of hydrogen-bond acceptors (Lipinski definition) is 4. The first-order valence-electron chi connectivity index (χ1n) is 11.1. The molecule has 1 unspecified atom stereocenters. The van der Waals surface area contributed by atoms with Crippen LogP contribution >= 0.6 is 11.6 Å². The van der Waals surface area contributed by atoms with Crippen LogP contribution in [0.25, 0.3) is 11.1 Å². The molecule has 5 nitrogen and oxygen atoms in total.